The van der Waals surface area contributed by atoms with E-state index in [1.165, 1.54) is 18.2 Å². The summed E-state index contributed by atoms with van der Waals surface area (Å²) >= 11 is 1.60. The number of aliphatic hydroxyl groups excluding tert-OH is 1. The average molecular weight is 320 g/mol. The summed E-state index contributed by atoms with van der Waals surface area (Å²) in [5.41, 5.74) is 1.83. The van der Waals surface area contributed by atoms with Gasteiger partial charge in [-0.2, -0.15) is 11.8 Å². The van der Waals surface area contributed by atoms with Gasteiger partial charge in [-0.3, -0.25) is 4.79 Å². The maximum atomic E-state index is 13.2. The number of aliphatic hydroxyl groups is 1. The third kappa shape index (κ3) is 4.54. The summed E-state index contributed by atoms with van der Waals surface area (Å²) in [6.07, 6.45) is 1.63. The number of anilines is 1. The Morgan fingerprint density at radius 2 is 2.18 bits per heavy atom. The lowest BCUT2D eigenvalue weighted by Gasteiger charge is -2.07. The van der Waals surface area contributed by atoms with Crippen LogP contribution in [0.3, 0.4) is 0 Å². The van der Waals surface area contributed by atoms with Crippen LogP contribution in [0, 0.1) is 12.7 Å². The Morgan fingerprint density at radius 3 is 2.91 bits per heavy atom. The van der Waals surface area contributed by atoms with Crippen molar-refractivity contribution in [1.29, 1.82) is 0 Å². The topological polar surface area (TPSA) is 62.2 Å². The van der Waals surface area contributed by atoms with Crippen molar-refractivity contribution >= 4 is 23.5 Å². The second-order valence-corrected chi connectivity index (χ2v) is 5.85. The molecule has 0 aliphatic rings. The summed E-state index contributed by atoms with van der Waals surface area (Å²) in [7, 11) is 0. The van der Waals surface area contributed by atoms with Crippen LogP contribution in [0.15, 0.2) is 36.5 Å². The number of halogens is 1. The number of rotatable bonds is 6. The number of hydrogen-bond donors (Lipinski definition) is 2. The van der Waals surface area contributed by atoms with Crippen LogP contribution in [-0.4, -0.2) is 28.4 Å². The van der Waals surface area contributed by atoms with Gasteiger partial charge in [0.15, 0.2) is 0 Å². The number of aromatic nitrogens is 1. The van der Waals surface area contributed by atoms with Gasteiger partial charge >= 0.3 is 0 Å². The molecule has 2 N–H and O–H groups in total. The summed E-state index contributed by atoms with van der Waals surface area (Å²) in [6.45, 7) is 1.76. The minimum absolute atomic E-state index is 0.142. The van der Waals surface area contributed by atoms with Crippen molar-refractivity contribution in [2.45, 2.75) is 12.7 Å². The summed E-state index contributed by atoms with van der Waals surface area (Å²) in [5, 5.41) is 11.5. The molecule has 1 heterocycles. The molecule has 1 amide bonds. The van der Waals surface area contributed by atoms with Crippen molar-refractivity contribution in [3.8, 4) is 0 Å². The van der Waals surface area contributed by atoms with Crippen molar-refractivity contribution in [3.05, 3.63) is 59.0 Å². The lowest BCUT2D eigenvalue weighted by Crippen LogP contribution is -2.13. The van der Waals surface area contributed by atoms with E-state index in [2.05, 4.69) is 10.3 Å². The number of carbonyl (C=O) groups is 1. The summed E-state index contributed by atoms with van der Waals surface area (Å²) in [5.74, 6) is 1.20. The molecule has 0 unspecified atom stereocenters. The van der Waals surface area contributed by atoms with E-state index in [1.807, 2.05) is 6.07 Å². The molecule has 0 bridgehead atoms. The molecule has 0 aliphatic carbocycles. The van der Waals surface area contributed by atoms with Gasteiger partial charge in [0, 0.05) is 23.3 Å². The molecular formula is C16H17FN2O2S. The summed E-state index contributed by atoms with van der Waals surface area (Å²) < 4.78 is 13.2. The number of aryl methyl sites for hydroxylation is 1. The zero-order valence-corrected chi connectivity index (χ0v) is 13.0. The minimum Gasteiger partial charge on any atom is -0.396 e. The molecule has 6 heteroatoms. The number of hydrogen-bond acceptors (Lipinski definition) is 4. The van der Waals surface area contributed by atoms with Crippen LogP contribution in [0.1, 0.15) is 21.5 Å². The predicted molar refractivity (Wildman–Crippen MR) is 86.6 cm³/mol. The van der Waals surface area contributed by atoms with Gasteiger partial charge in [0.25, 0.3) is 5.91 Å². The highest BCUT2D eigenvalue weighted by Crippen LogP contribution is 2.16. The smallest absolute Gasteiger partial charge is 0.256 e. The van der Waals surface area contributed by atoms with E-state index in [0.717, 1.165) is 11.3 Å². The molecule has 1 aromatic heterocycles. The molecule has 116 valence electrons. The lowest BCUT2D eigenvalue weighted by molar-refractivity contribution is 0.102. The molecule has 0 spiro atoms. The molecule has 0 saturated carbocycles. The van der Waals surface area contributed by atoms with Crippen molar-refractivity contribution < 1.29 is 14.3 Å². The highest BCUT2D eigenvalue weighted by molar-refractivity contribution is 7.98. The van der Waals surface area contributed by atoms with Gasteiger partial charge in [0.05, 0.1) is 6.61 Å². The van der Waals surface area contributed by atoms with E-state index in [4.69, 9.17) is 5.11 Å². The Hall–Kier alpha value is -1.92. The minimum atomic E-state index is -0.336. The highest BCUT2D eigenvalue weighted by atomic mass is 32.2. The lowest BCUT2D eigenvalue weighted by atomic mass is 10.1. The standard InChI is InChI=1S/C16H17FN2O2S/c1-11-8-13(2-3-14(11)17)16(21)19-15-9-12(4-5-18-15)10-22-7-6-20/h2-5,8-9,20H,6-7,10H2,1H3,(H,18,19,21). The van der Waals surface area contributed by atoms with E-state index in [1.54, 1.807) is 30.9 Å². The van der Waals surface area contributed by atoms with E-state index < -0.39 is 0 Å². The van der Waals surface area contributed by atoms with Crippen LogP contribution in [0.25, 0.3) is 0 Å². The molecule has 0 aliphatic heterocycles. The number of pyridine rings is 1. The van der Waals surface area contributed by atoms with Crippen molar-refractivity contribution in [2.75, 3.05) is 17.7 Å². The quantitative estimate of drug-likeness (QED) is 0.803. The molecule has 22 heavy (non-hydrogen) atoms. The Balaban J connectivity index is 2.04. The number of carbonyl (C=O) groups excluding carboxylic acids is 1. The second-order valence-electron chi connectivity index (χ2n) is 4.74. The molecule has 4 nitrogen and oxygen atoms in total. The van der Waals surface area contributed by atoms with Crippen molar-refractivity contribution in [1.82, 2.24) is 4.98 Å². The third-order valence-corrected chi connectivity index (χ3v) is 4.00. The van der Waals surface area contributed by atoms with Gasteiger partial charge in [0.1, 0.15) is 11.6 Å². The molecule has 0 radical (unpaired) electrons. The fraction of sp³-hybridized carbons (Fsp3) is 0.250. The predicted octanol–water partition coefficient (Wildman–Crippen LogP) is 3.01. The highest BCUT2D eigenvalue weighted by Gasteiger charge is 2.09. The first-order valence-electron chi connectivity index (χ1n) is 6.81. The van der Waals surface area contributed by atoms with Crippen LogP contribution < -0.4 is 5.32 Å². The van der Waals surface area contributed by atoms with E-state index in [9.17, 15) is 9.18 Å². The largest absolute Gasteiger partial charge is 0.396 e. The maximum absolute atomic E-state index is 13.2. The second kappa shape index (κ2) is 7.91. The van der Waals surface area contributed by atoms with E-state index >= 15 is 0 Å². The Kier molecular flexibility index (Phi) is 5.91. The van der Waals surface area contributed by atoms with E-state index in [0.29, 0.717) is 22.7 Å². The van der Waals surface area contributed by atoms with Gasteiger partial charge < -0.3 is 10.4 Å². The van der Waals surface area contributed by atoms with Gasteiger partial charge in [-0.25, -0.2) is 9.37 Å². The Bertz CT molecular complexity index is 664. The van der Waals surface area contributed by atoms with Crippen LogP contribution in [0.2, 0.25) is 0 Å². The molecule has 2 aromatic rings. The monoisotopic (exact) mass is 320 g/mol. The summed E-state index contributed by atoms with van der Waals surface area (Å²) in [4.78, 5) is 16.2. The van der Waals surface area contributed by atoms with Gasteiger partial charge in [-0.1, -0.05) is 0 Å². The van der Waals surface area contributed by atoms with Crippen LogP contribution >= 0.6 is 11.8 Å². The van der Waals surface area contributed by atoms with Crippen molar-refractivity contribution in [3.63, 3.8) is 0 Å². The van der Waals surface area contributed by atoms with Gasteiger partial charge in [-0.15, -0.1) is 0 Å². The zero-order chi connectivity index (χ0) is 15.9. The number of thioether (sulfide) groups is 1. The molecule has 0 atom stereocenters. The van der Waals surface area contributed by atoms with Gasteiger partial charge in [-0.05, 0) is 48.4 Å². The van der Waals surface area contributed by atoms with E-state index in [-0.39, 0.29) is 18.3 Å². The van der Waals surface area contributed by atoms with Crippen molar-refractivity contribution in [2.24, 2.45) is 0 Å². The maximum Gasteiger partial charge on any atom is 0.256 e. The molecule has 1 aromatic carbocycles. The molecule has 0 fully saturated rings. The first-order valence-corrected chi connectivity index (χ1v) is 7.96. The first kappa shape index (κ1) is 16.5. The van der Waals surface area contributed by atoms with Crippen LogP contribution in [0.5, 0.6) is 0 Å². The zero-order valence-electron chi connectivity index (χ0n) is 12.2. The summed E-state index contributed by atoms with van der Waals surface area (Å²) in [6, 6.07) is 7.88. The Morgan fingerprint density at radius 1 is 1.36 bits per heavy atom. The fourth-order valence-electron chi connectivity index (χ4n) is 1.86. The normalized spacial score (nSPS) is 10.5. The fourth-order valence-corrected chi connectivity index (χ4v) is 2.55. The molecular weight excluding hydrogens is 303 g/mol. The SMILES string of the molecule is Cc1cc(C(=O)Nc2cc(CSCCO)ccn2)ccc1F. The molecule has 0 saturated heterocycles. The number of nitrogens with zero attached hydrogens (tertiary/aromatic N) is 1. The number of nitrogens with one attached hydrogen (secondary N) is 1. The average Bonchev–Trinajstić information content (AvgIpc) is 2.50. The number of amides is 1. The Labute approximate surface area is 132 Å². The number of benzene rings is 1. The first-order chi connectivity index (χ1) is 10.6. The third-order valence-electron chi connectivity index (χ3n) is 2.99. The van der Waals surface area contributed by atoms with Crippen LogP contribution in [-0.2, 0) is 5.75 Å². The van der Waals surface area contributed by atoms with Crippen LogP contribution in [0.4, 0.5) is 10.2 Å². The van der Waals surface area contributed by atoms with Gasteiger partial charge in [0.2, 0.25) is 0 Å². The molecule has 2 rings (SSSR count).